The van der Waals surface area contributed by atoms with Crippen LogP contribution in [0.5, 0.6) is 0 Å². The minimum atomic E-state index is -0.634. The van der Waals surface area contributed by atoms with Gasteiger partial charge in [0.1, 0.15) is 6.61 Å². The average molecular weight is 438 g/mol. The predicted octanol–water partition coefficient (Wildman–Crippen LogP) is 2.04. The molecule has 1 fully saturated rings. The third-order valence-electron chi connectivity index (χ3n) is 6.66. The van der Waals surface area contributed by atoms with Crippen molar-refractivity contribution < 1.29 is 24.4 Å². The van der Waals surface area contributed by atoms with Crippen LogP contribution in [-0.4, -0.2) is 47.6 Å². The number of likely N-dealkylation sites (tertiary alicyclic amines) is 1. The van der Waals surface area contributed by atoms with Gasteiger partial charge in [0, 0.05) is 30.8 Å². The van der Waals surface area contributed by atoms with Gasteiger partial charge in [-0.1, -0.05) is 6.07 Å². The maximum atomic E-state index is 11.7. The Balaban J connectivity index is 1.20. The van der Waals surface area contributed by atoms with Crippen molar-refractivity contribution in [2.24, 2.45) is 5.73 Å². The van der Waals surface area contributed by atoms with Crippen LogP contribution in [0.2, 0.25) is 0 Å². The zero-order valence-corrected chi connectivity index (χ0v) is 17.8. The highest BCUT2D eigenvalue weighted by Crippen LogP contribution is 2.37. The highest BCUT2D eigenvalue weighted by atomic mass is 16.8. The summed E-state index contributed by atoms with van der Waals surface area (Å²) in [5, 5.41) is 12.7. The van der Waals surface area contributed by atoms with E-state index in [-0.39, 0.29) is 18.6 Å². The molecule has 1 amide bonds. The third-order valence-corrected chi connectivity index (χ3v) is 6.66. The molecule has 168 valence electrons. The van der Waals surface area contributed by atoms with E-state index in [1.54, 1.807) is 18.2 Å². The summed E-state index contributed by atoms with van der Waals surface area (Å²) in [5.41, 5.74) is 13.5. The Hall–Kier alpha value is -3.14. The normalized spacial score (nSPS) is 19.3. The Bertz CT molecular complexity index is 1080. The molecule has 0 unspecified atom stereocenters. The molecule has 0 spiro atoms. The number of ether oxygens (including phenoxy) is 1. The lowest BCUT2D eigenvalue weighted by Crippen LogP contribution is -2.45. The first-order valence-electron chi connectivity index (χ1n) is 10.8. The fourth-order valence-electron chi connectivity index (χ4n) is 4.79. The smallest absolute Gasteiger partial charge is 0.338 e. The number of cyclic esters (lactones) is 1. The van der Waals surface area contributed by atoms with Crippen LogP contribution in [0.15, 0.2) is 30.3 Å². The Kier molecular flexibility index (Phi) is 5.24. The van der Waals surface area contributed by atoms with Crippen LogP contribution in [-0.2, 0) is 16.3 Å². The number of rotatable bonds is 5. The maximum Gasteiger partial charge on any atom is 0.338 e. The molecule has 0 aliphatic carbocycles. The number of β-amino-alcohol motifs (C(OH)–C–C–N with tert-alkyl or cyclic N) is 1. The van der Waals surface area contributed by atoms with Crippen molar-refractivity contribution in [1.29, 1.82) is 0 Å². The number of aliphatic hydroxyl groups is 1. The number of hydroxylamine groups is 1. The summed E-state index contributed by atoms with van der Waals surface area (Å²) in [4.78, 5) is 31.1. The lowest BCUT2D eigenvalue weighted by atomic mass is 9.94. The van der Waals surface area contributed by atoms with Crippen LogP contribution in [0, 0.1) is 6.92 Å². The molecule has 4 N–H and O–H groups in total. The van der Waals surface area contributed by atoms with Crippen molar-refractivity contribution in [3.63, 3.8) is 0 Å². The number of hydrogen-bond acceptors (Lipinski definition) is 8. The molecule has 3 aliphatic heterocycles. The first-order chi connectivity index (χ1) is 15.4. The summed E-state index contributed by atoms with van der Waals surface area (Å²) in [5.74, 6) is -0.769. The highest BCUT2D eigenvalue weighted by molar-refractivity contribution is 5.95. The number of piperidine rings is 1. The van der Waals surface area contributed by atoms with E-state index in [1.165, 1.54) is 0 Å². The largest absolute Gasteiger partial charge is 0.457 e. The molecule has 2 aromatic rings. The van der Waals surface area contributed by atoms with E-state index >= 15 is 0 Å². The van der Waals surface area contributed by atoms with E-state index in [0.29, 0.717) is 17.7 Å². The molecule has 3 aliphatic rings. The first-order valence-corrected chi connectivity index (χ1v) is 10.8. The van der Waals surface area contributed by atoms with Crippen LogP contribution < -0.4 is 16.3 Å². The third kappa shape index (κ3) is 3.58. The van der Waals surface area contributed by atoms with E-state index in [1.807, 2.05) is 24.1 Å². The quantitative estimate of drug-likeness (QED) is 0.607. The highest BCUT2D eigenvalue weighted by Gasteiger charge is 2.32. The fraction of sp³-hybridized carbons (Fsp3) is 0.391. The number of aliphatic hydroxyl groups excluding tert-OH is 1. The molecule has 9 heteroatoms. The summed E-state index contributed by atoms with van der Waals surface area (Å²) < 4.78 is 5.12. The molecule has 1 saturated heterocycles. The standard InChI is InChI=1S/C23H26N4O5/c1-13-16(3-4-17-18(13)12-31-23(17)30)21(28)11-26-8-6-15(7-9-26)27-20-5-2-14(22(24)29)10-19(20)25-32-27/h2-5,10,15,21,25,28H,6-9,11-12H2,1H3,(H2,24,29)/t21-/m0/s1. The van der Waals surface area contributed by atoms with Crippen molar-refractivity contribution in [3.8, 4) is 0 Å². The van der Waals surface area contributed by atoms with Crippen LogP contribution in [0.25, 0.3) is 0 Å². The van der Waals surface area contributed by atoms with Crippen molar-refractivity contribution in [2.75, 3.05) is 30.2 Å². The summed E-state index contributed by atoms with van der Waals surface area (Å²) in [7, 11) is 0. The summed E-state index contributed by atoms with van der Waals surface area (Å²) in [6.07, 6.45) is 1.11. The summed E-state index contributed by atoms with van der Waals surface area (Å²) in [6, 6.07) is 9.01. The number of nitrogens with zero attached hydrogens (tertiary/aromatic N) is 2. The molecule has 3 heterocycles. The Morgan fingerprint density at radius 2 is 2.06 bits per heavy atom. The second-order valence-electron chi connectivity index (χ2n) is 8.54. The number of benzene rings is 2. The second kappa shape index (κ2) is 8.09. The predicted molar refractivity (Wildman–Crippen MR) is 117 cm³/mol. The Labute approximate surface area is 185 Å². The molecule has 5 rings (SSSR count). The maximum absolute atomic E-state index is 11.7. The van der Waals surface area contributed by atoms with Gasteiger partial charge in [-0.05, 0) is 55.2 Å². The number of amides is 1. The van der Waals surface area contributed by atoms with Gasteiger partial charge in [-0.2, -0.15) is 4.94 Å². The Morgan fingerprint density at radius 3 is 2.81 bits per heavy atom. The lowest BCUT2D eigenvalue weighted by molar-refractivity contribution is 0.0534. The topological polar surface area (TPSA) is 117 Å². The molecule has 9 nitrogen and oxygen atoms in total. The van der Waals surface area contributed by atoms with Crippen molar-refractivity contribution in [2.45, 2.75) is 38.5 Å². The van der Waals surface area contributed by atoms with Gasteiger partial charge in [0.2, 0.25) is 5.91 Å². The van der Waals surface area contributed by atoms with Crippen LogP contribution >= 0.6 is 0 Å². The van der Waals surface area contributed by atoms with Gasteiger partial charge in [0.15, 0.2) is 0 Å². The fourth-order valence-corrected chi connectivity index (χ4v) is 4.79. The number of esters is 1. The molecule has 2 aromatic carbocycles. The number of carbonyl (C=O) groups excluding carboxylic acids is 2. The molecular formula is C23H26N4O5. The van der Waals surface area contributed by atoms with Crippen LogP contribution in [0.4, 0.5) is 11.4 Å². The van der Waals surface area contributed by atoms with Crippen molar-refractivity contribution in [1.82, 2.24) is 4.90 Å². The van der Waals surface area contributed by atoms with Gasteiger partial charge < -0.3 is 20.5 Å². The molecular weight excluding hydrogens is 412 g/mol. The first kappa shape index (κ1) is 20.7. The number of anilines is 2. The Morgan fingerprint density at radius 1 is 1.28 bits per heavy atom. The van der Waals surface area contributed by atoms with E-state index < -0.39 is 12.0 Å². The number of nitrogens with two attached hydrogens (primary N) is 1. The summed E-state index contributed by atoms with van der Waals surface area (Å²) >= 11 is 0. The minimum Gasteiger partial charge on any atom is -0.457 e. The average Bonchev–Trinajstić information content (AvgIpc) is 3.38. The van der Waals surface area contributed by atoms with Gasteiger partial charge >= 0.3 is 5.97 Å². The van der Waals surface area contributed by atoms with E-state index in [0.717, 1.165) is 54.0 Å². The van der Waals surface area contributed by atoms with Crippen LogP contribution in [0.1, 0.15) is 56.4 Å². The van der Waals surface area contributed by atoms with E-state index in [4.69, 9.17) is 15.4 Å². The van der Waals surface area contributed by atoms with Gasteiger partial charge in [-0.3, -0.25) is 4.79 Å². The molecule has 0 aromatic heterocycles. The number of carbonyl (C=O) groups is 2. The number of nitrogens with one attached hydrogen (secondary N) is 1. The minimum absolute atomic E-state index is 0.182. The van der Waals surface area contributed by atoms with Crippen molar-refractivity contribution >= 4 is 23.3 Å². The number of primary amides is 1. The van der Waals surface area contributed by atoms with Gasteiger partial charge in [0.05, 0.1) is 29.1 Å². The lowest BCUT2D eigenvalue weighted by Gasteiger charge is -2.36. The monoisotopic (exact) mass is 438 g/mol. The van der Waals surface area contributed by atoms with Gasteiger partial charge in [0.25, 0.3) is 0 Å². The summed E-state index contributed by atoms with van der Waals surface area (Å²) in [6.45, 7) is 4.38. The number of fused-ring (bicyclic) bond motifs is 2. The SMILES string of the molecule is Cc1c([C@@H](O)CN2CCC(N3ONc4cc(C(N)=O)ccc43)CC2)ccc2c1COC2=O. The molecule has 0 radical (unpaired) electrons. The van der Waals surface area contributed by atoms with E-state index in [2.05, 4.69) is 10.4 Å². The molecule has 0 saturated carbocycles. The van der Waals surface area contributed by atoms with Crippen LogP contribution in [0.3, 0.4) is 0 Å². The van der Waals surface area contributed by atoms with E-state index in [9.17, 15) is 14.7 Å². The molecule has 32 heavy (non-hydrogen) atoms. The van der Waals surface area contributed by atoms with Crippen molar-refractivity contribution in [3.05, 3.63) is 58.1 Å². The zero-order chi connectivity index (χ0) is 22.4. The zero-order valence-electron chi connectivity index (χ0n) is 17.8. The van der Waals surface area contributed by atoms with Gasteiger partial charge in [-0.15, -0.1) is 0 Å². The number of hydrogen-bond donors (Lipinski definition) is 3. The molecule has 0 bridgehead atoms. The van der Waals surface area contributed by atoms with Gasteiger partial charge in [-0.25, -0.2) is 15.3 Å². The second-order valence-corrected chi connectivity index (χ2v) is 8.54. The molecule has 1 atom stereocenters.